The van der Waals surface area contributed by atoms with E-state index in [-0.39, 0.29) is 5.91 Å². The summed E-state index contributed by atoms with van der Waals surface area (Å²) in [6.45, 7) is 8.31. The minimum absolute atomic E-state index is 0.143. The van der Waals surface area contributed by atoms with Crippen LogP contribution in [0.15, 0.2) is 12.1 Å². The zero-order valence-corrected chi connectivity index (χ0v) is 13.6. The van der Waals surface area contributed by atoms with Gasteiger partial charge < -0.3 is 10.2 Å². The highest BCUT2D eigenvalue weighted by atomic mass is 16.2. The first-order valence-corrected chi connectivity index (χ1v) is 8.01. The molecule has 0 saturated carbocycles. The summed E-state index contributed by atoms with van der Waals surface area (Å²) in [5.74, 6) is 2.09. The molecule has 2 heterocycles. The van der Waals surface area contributed by atoms with Crippen LogP contribution in [0.4, 0.5) is 5.82 Å². The summed E-state index contributed by atoms with van der Waals surface area (Å²) in [7, 11) is 1.84. The van der Waals surface area contributed by atoms with Crippen LogP contribution in [-0.4, -0.2) is 35.9 Å². The van der Waals surface area contributed by atoms with Crippen molar-refractivity contribution in [2.24, 2.45) is 11.8 Å². The van der Waals surface area contributed by atoms with Gasteiger partial charge in [-0.1, -0.05) is 27.2 Å². The number of amides is 1. The summed E-state index contributed by atoms with van der Waals surface area (Å²) in [5, 5.41) is 3.06. The molecule has 0 aliphatic carbocycles. The third-order valence-electron chi connectivity index (χ3n) is 4.04. The van der Waals surface area contributed by atoms with Gasteiger partial charge in [-0.3, -0.25) is 4.79 Å². The smallest absolute Gasteiger partial charge is 0.254 e. The molecule has 2 atom stereocenters. The SMILES string of the molecule is CCCc1cc(C(=O)N2CC(C)CC(C)C2)cc(NC)n1. The van der Waals surface area contributed by atoms with Crippen molar-refractivity contribution < 1.29 is 4.79 Å². The molecule has 1 amide bonds. The number of carbonyl (C=O) groups excluding carboxylic acids is 1. The summed E-state index contributed by atoms with van der Waals surface area (Å²) in [6, 6.07) is 3.82. The number of aromatic nitrogens is 1. The normalized spacial score (nSPS) is 22.2. The third-order valence-corrected chi connectivity index (χ3v) is 4.04. The van der Waals surface area contributed by atoms with Gasteiger partial charge in [-0.2, -0.15) is 0 Å². The third kappa shape index (κ3) is 3.96. The molecule has 1 N–H and O–H groups in total. The number of likely N-dealkylation sites (tertiary alicyclic amines) is 1. The molecule has 21 heavy (non-hydrogen) atoms. The Morgan fingerprint density at radius 2 is 2.00 bits per heavy atom. The van der Waals surface area contributed by atoms with E-state index in [0.29, 0.717) is 11.8 Å². The second-order valence-electron chi connectivity index (χ2n) is 6.39. The Hall–Kier alpha value is -1.58. The highest BCUT2D eigenvalue weighted by Gasteiger charge is 2.26. The fraction of sp³-hybridized carbons (Fsp3) is 0.647. The quantitative estimate of drug-likeness (QED) is 0.926. The molecule has 1 aromatic heterocycles. The highest BCUT2D eigenvalue weighted by Crippen LogP contribution is 2.23. The van der Waals surface area contributed by atoms with E-state index < -0.39 is 0 Å². The van der Waals surface area contributed by atoms with Crippen molar-refractivity contribution in [3.8, 4) is 0 Å². The summed E-state index contributed by atoms with van der Waals surface area (Å²) in [5.41, 5.74) is 1.75. The Bertz CT molecular complexity index is 491. The number of anilines is 1. The van der Waals surface area contributed by atoms with Gasteiger partial charge in [-0.15, -0.1) is 0 Å². The molecule has 4 heteroatoms. The average Bonchev–Trinajstić information content (AvgIpc) is 2.45. The molecule has 116 valence electrons. The first kappa shape index (κ1) is 15.8. The molecule has 1 fully saturated rings. The molecule has 2 rings (SSSR count). The Morgan fingerprint density at radius 1 is 1.33 bits per heavy atom. The molecule has 0 radical (unpaired) electrons. The van der Waals surface area contributed by atoms with Crippen molar-refractivity contribution in [3.05, 3.63) is 23.4 Å². The molecule has 2 unspecified atom stereocenters. The van der Waals surface area contributed by atoms with Crippen LogP contribution in [0.3, 0.4) is 0 Å². The Balaban J connectivity index is 2.23. The van der Waals surface area contributed by atoms with Gasteiger partial charge in [0.1, 0.15) is 5.82 Å². The first-order chi connectivity index (χ1) is 10.0. The average molecular weight is 289 g/mol. The predicted molar refractivity (Wildman–Crippen MR) is 86.6 cm³/mol. The van der Waals surface area contributed by atoms with Crippen molar-refractivity contribution in [2.75, 3.05) is 25.5 Å². The lowest BCUT2D eigenvalue weighted by Gasteiger charge is -2.35. The molecule has 1 aromatic rings. The number of piperidine rings is 1. The first-order valence-electron chi connectivity index (χ1n) is 8.01. The molecule has 0 spiro atoms. The molecule has 0 aromatic carbocycles. The van der Waals surface area contributed by atoms with E-state index in [1.807, 2.05) is 24.1 Å². The van der Waals surface area contributed by atoms with E-state index >= 15 is 0 Å². The molecule has 1 aliphatic heterocycles. The van der Waals surface area contributed by atoms with Gasteiger partial charge in [0.05, 0.1) is 0 Å². The van der Waals surface area contributed by atoms with Gasteiger partial charge in [-0.05, 0) is 36.8 Å². The lowest BCUT2D eigenvalue weighted by Crippen LogP contribution is -2.42. The topological polar surface area (TPSA) is 45.2 Å². The van der Waals surface area contributed by atoms with E-state index in [4.69, 9.17) is 0 Å². The maximum atomic E-state index is 12.8. The van der Waals surface area contributed by atoms with Gasteiger partial charge in [0.25, 0.3) is 5.91 Å². The van der Waals surface area contributed by atoms with Crippen molar-refractivity contribution in [2.45, 2.75) is 40.0 Å². The van der Waals surface area contributed by atoms with Crippen LogP contribution in [-0.2, 0) is 6.42 Å². The minimum atomic E-state index is 0.143. The number of carbonyl (C=O) groups is 1. The highest BCUT2D eigenvalue weighted by molar-refractivity contribution is 5.95. The Morgan fingerprint density at radius 3 is 2.57 bits per heavy atom. The van der Waals surface area contributed by atoms with Crippen LogP contribution >= 0.6 is 0 Å². The van der Waals surface area contributed by atoms with E-state index in [2.05, 4.69) is 31.1 Å². The number of hydrogen-bond acceptors (Lipinski definition) is 3. The van der Waals surface area contributed by atoms with Crippen molar-refractivity contribution in [1.29, 1.82) is 0 Å². The Labute approximate surface area is 127 Å². The number of nitrogens with one attached hydrogen (secondary N) is 1. The fourth-order valence-corrected chi connectivity index (χ4v) is 3.23. The lowest BCUT2D eigenvalue weighted by atomic mass is 9.91. The molecule has 1 aliphatic rings. The number of pyridine rings is 1. The second-order valence-corrected chi connectivity index (χ2v) is 6.39. The van der Waals surface area contributed by atoms with Gasteiger partial charge >= 0.3 is 0 Å². The largest absolute Gasteiger partial charge is 0.373 e. The van der Waals surface area contributed by atoms with Gasteiger partial charge in [0.2, 0.25) is 0 Å². The summed E-state index contributed by atoms with van der Waals surface area (Å²) in [4.78, 5) is 19.3. The van der Waals surface area contributed by atoms with Crippen LogP contribution in [0.2, 0.25) is 0 Å². The van der Waals surface area contributed by atoms with Crippen LogP contribution in [0.5, 0.6) is 0 Å². The lowest BCUT2D eigenvalue weighted by molar-refractivity contribution is 0.0623. The summed E-state index contributed by atoms with van der Waals surface area (Å²) in [6.07, 6.45) is 3.15. The van der Waals surface area contributed by atoms with Gasteiger partial charge in [-0.25, -0.2) is 4.98 Å². The summed E-state index contributed by atoms with van der Waals surface area (Å²) < 4.78 is 0. The maximum absolute atomic E-state index is 12.8. The van der Waals surface area contributed by atoms with Crippen molar-refractivity contribution in [3.63, 3.8) is 0 Å². The molecular formula is C17H27N3O. The minimum Gasteiger partial charge on any atom is -0.373 e. The van der Waals surface area contributed by atoms with Gasteiger partial charge in [0.15, 0.2) is 0 Å². The number of aryl methyl sites for hydroxylation is 1. The van der Waals surface area contributed by atoms with Crippen LogP contribution < -0.4 is 5.32 Å². The van der Waals surface area contributed by atoms with E-state index in [1.165, 1.54) is 6.42 Å². The van der Waals surface area contributed by atoms with E-state index in [0.717, 1.165) is 43.0 Å². The number of rotatable bonds is 4. The van der Waals surface area contributed by atoms with Crippen LogP contribution in [0.25, 0.3) is 0 Å². The zero-order chi connectivity index (χ0) is 15.4. The zero-order valence-electron chi connectivity index (χ0n) is 13.6. The molecule has 4 nitrogen and oxygen atoms in total. The van der Waals surface area contributed by atoms with Crippen molar-refractivity contribution in [1.82, 2.24) is 9.88 Å². The Kier molecular flexibility index (Phi) is 5.21. The monoisotopic (exact) mass is 289 g/mol. The van der Waals surface area contributed by atoms with E-state index in [9.17, 15) is 4.79 Å². The predicted octanol–water partition coefficient (Wildman–Crippen LogP) is 3.19. The summed E-state index contributed by atoms with van der Waals surface area (Å²) >= 11 is 0. The van der Waals surface area contributed by atoms with E-state index in [1.54, 1.807) is 0 Å². The molecular weight excluding hydrogens is 262 g/mol. The van der Waals surface area contributed by atoms with Crippen LogP contribution in [0, 0.1) is 11.8 Å². The van der Waals surface area contributed by atoms with Crippen molar-refractivity contribution >= 4 is 11.7 Å². The van der Waals surface area contributed by atoms with Crippen LogP contribution in [0.1, 0.15) is 49.7 Å². The number of nitrogens with zero attached hydrogens (tertiary/aromatic N) is 2. The molecule has 0 bridgehead atoms. The standard InChI is InChI=1S/C17H27N3O/c1-5-6-15-8-14(9-16(18-4)19-15)17(21)20-10-12(2)7-13(3)11-20/h8-9,12-13H,5-7,10-11H2,1-4H3,(H,18,19). The molecule has 1 saturated heterocycles. The second kappa shape index (κ2) is 6.92. The maximum Gasteiger partial charge on any atom is 0.254 e. The fourth-order valence-electron chi connectivity index (χ4n) is 3.23. The van der Waals surface area contributed by atoms with Gasteiger partial charge in [0, 0.05) is 31.4 Å². The number of hydrogen-bond donors (Lipinski definition) is 1.